The second kappa shape index (κ2) is 3.59. The molecule has 1 heterocycles. The number of hydrogen-bond donors (Lipinski definition) is 1. The van der Waals surface area contributed by atoms with Crippen LogP contribution in [0.1, 0.15) is 0 Å². The van der Waals surface area contributed by atoms with Crippen molar-refractivity contribution in [3.05, 3.63) is 0 Å². The van der Waals surface area contributed by atoms with Crippen molar-refractivity contribution in [2.45, 2.75) is 44.1 Å². The quantitative estimate of drug-likeness (QED) is 0.770. The summed E-state index contributed by atoms with van der Waals surface area (Å²) in [5, 5.41) is 10.1. The Morgan fingerprint density at radius 1 is 1.00 bits per heavy atom. The topological polar surface area (TPSA) is 70.9 Å². The second-order valence-corrected chi connectivity index (χ2v) is 17.1. The molecule has 16 heavy (non-hydrogen) atoms. The smallest absolute Gasteiger partial charge is 0.273 e. The van der Waals surface area contributed by atoms with Crippen molar-refractivity contribution >= 4 is 28.1 Å². The van der Waals surface area contributed by atoms with Gasteiger partial charge in [0.05, 0.1) is 16.1 Å². The molecular formula is C9H19N3O2Si2. The zero-order chi connectivity index (χ0) is 12.8. The van der Waals surface area contributed by atoms with E-state index in [1.165, 1.54) is 0 Å². The van der Waals surface area contributed by atoms with Gasteiger partial charge in [-0.1, -0.05) is 44.4 Å². The summed E-state index contributed by atoms with van der Waals surface area (Å²) < 4.78 is 0. The average Bonchev–Trinajstić information content (AvgIpc) is 1.98. The lowest BCUT2D eigenvalue weighted by Crippen LogP contribution is -2.73. The van der Waals surface area contributed by atoms with Crippen LogP contribution in [0.25, 0.3) is 0 Å². The molecule has 0 aromatic rings. The first-order valence-corrected chi connectivity index (χ1v) is 12.3. The van der Waals surface area contributed by atoms with Gasteiger partial charge in [0, 0.05) is 0 Å². The summed E-state index contributed by atoms with van der Waals surface area (Å²) in [4.78, 5) is 22.5. The molecule has 0 unspecified atom stereocenters. The lowest BCUT2D eigenvalue weighted by Gasteiger charge is -2.46. The van der Waals surface area contributed by atoms with Crippen LogP contribution in [-0.2, 0) is 4.79 Å². The Balaban J connectivity index is 3.44. The SMILES string of the molecule is C[Si](C)(C)C1([Si](C)(C)C)N=NC(=O)NC1=O. The third kappa shape index (κ3) is 1.77. The number of carbonyl (C=O) groups excluding carboxylic acids is 2. The van der Waals surface area contributed by atoms with E-state index >= 15 is 0 Å². The number of hydrogen-bond acceptors (Lipinski definition) is 3. The van der Waals surface area contributed by atoms with Crippen LogP contribution in [0.5, 0.6) is 0 Å². The molecule has 1 aliphatic rings. The first-order chi connectivity index (χ1) is 7.02. The summed E-state index contributed by atoms with van der Waals surface area (Å²) in [5.41, 5.74) is 0. The van der Waals surface area contributed by atoms with Gasteiger partial charge < -0.3 is 0 Å². The normalized spacial score (nSPS) is 20.9. The van der Waals surface area contributed by atoms with Gasteiger partial charge in [0.15, 0.2) is 0 Å². The Kier molecular flexibility index (Phi) is 2.97. The van der Waals surface area contributed by atoms with Crippen LogP contribution in [0.4, 0.5) is 4.79 Å². The van der Waals surface area contributed by atoms with Crippen LogP contribution in [0.3, 0.4) is 0 Å². The average molecular weight is 257 g/mol. The van der Waals surface area contributed by atoms with E-state index in [-0.39, 0.29) is 5.91 Å². The Hall–Kier alpha value is -0.826. The minimum Gasteiger partial charge on any atom is -0.273 e. The van der Waals surface area contributed by atoms with Crippen molar-refractivity contribution in [2.24, 2.45) is 10.2 Å². The standard InChI is InChI=1S/C9H19N3O2Si2/c1-15(2,3)9(16(4,5)6)7(13)10-8(14)11-12-9/h1-6H3,(H,10,13,14). The predicted octanol–water partition coefficient (Wildman–Crippen LogP) is 2.18. The third-order valence-electron chi connectivity index (χ3n) is 3.01. The summed E-state index contributed by atoms with van der Waals surface area (Å²) in [6.07, 6.45) is 0. The molecule has 0 aromatic heterocycles. The molecule has 5 nitrogen and oxygen atoms in total. The fraction of sp³-hybridized carbons (Fsp3) is 0.778. The van der Waals surface area contributed by atoms with Crippen LogP contribution in [0.2, 0.25) is 39.3 Å². The predicted molar refractivity (Wildman–Crippen MR) is 67.8 cm³/mol. The number of urea groups is 1. The molecule has 0 spiro atoms. The summed E-state index contributed by atoms with van der Waals surface area (Å²) in [6, 6.07) is -0.642. The maximum absolute atomic E-state index is 12.2. The highest BCUT2D eigenvalue weighted by Crippen LogP contribution is 2.36. The molecule has 0 radical (unpaired) electrons. The molecular weight excluding hydrogens is 238 g/mol. The third-order valence-corrected chi connectivity index (χ3v) is 12.5. The number of carbonyl (C=O) groups is 2. The van der Waals surface area contributed by atoms with Gasteiger partial charge in [0.1, 0.15) is 4.79 Å². The van der Waals surface area contributed by atoms with Crippen molar-refractivity contribution in [1.82, 2.24) is 5.32 Å². The molecule has 0 bridgehead atoms. The molecule has 0 fully saturated rings. The number of nitrogens with zero attached hydrogens (tertiary/aromatic N) is 2. The van der Waals surface area contributed by atoms with Gasteiger partial charge in [0.25, 0.3) is 5.91 Å². The van der Waals surface area contributed by atoms with Crippen molar-refractivity contribution in [1.29, 1.82) is 0 Å². The molecule has 1 aliphatic heterocycles. The van der Waals surface area contributed by atoms with Crippen LogP contribution in [0, 0.1) is 0 Å². The Bertz CT molecular complexity index is 352. The Morgan fingerprint density at radius 3 is 1.75 bits per heavy atom. The number of rotatable bonds is 2. The first-order valence-electron chi connectivity index (χ1n) is 5.31. The van der Waals surface area contributed by atoms with Gasteiger partial charge in [0.2, 0.25) is 0 Å². The fourth-order valence-corrected chi connectivity index (χ4v) is 13.7. The van der Waals surface area contributed by atoms with Crippen molar-refractivity contribution in [3.8, 4) is 0 Å². The van der Waals surface area contributed by atoms with E-state index in [1.54, 1.807) is 0 Å². The molecule has 0 atom stereocenters. The Labute approximate surface area is 97.7 Å². The summed E-state index contributed by atoms with van der Waals surface area (Å²) in [5.74, 6) is -0.245. The number of azo groups is 1. The number of amides is 3. The van der Waals surface area contributed by atoms with Crippen molar-refractivity contribution in [2.75, 3.05) is 0 Å². The van der Waals surface area contributed by atoms with Gasteiger partial charge in [-0.25, -0.2) is 4.79 Å². The lowest BCUT2D eigenvalue weighted by atomic mass is 10.5. The lowest BCUT2D eigenvalue weighted by molar-refractivity contribution is -0.121. The van der Waals surface area contributed by atoms with Crippen LogP contribution in [-0.4, -0.2) is 32.9 Å². The highest BCUT2D eigenvalue weighted by Gasteiger charge is 2.60. The van der Waals surface area contributed by atoms with E-state index in [1.807, 2.05) is 0 Å². The van der Waals surface area contributed by atoms with E-state index in [0.29, 0.717) is 0 Å². The number of imide groups is 1. The van der Waals surface area contributed by atoms with Crippen molar-refractivity contribution in [3.63, 3.8) is 0 Å². The minimum atomic E-state index is -1.90. The van der Waals surface area contributed by atoms with Gasteiger partial charge in [-0.3, -0.25) is 10.1 Å². The minimum absolute atomic E-state index is 0.245. The number of nitrogens with one attached hydrogen (secondary N) is 1. The molecule has 3 amide bonds. The van der Waals surface area contributed by atoms with Gasteiger partial charge in [-0.05, 0) is 0 Å². The summed E-state index contributed by atoms with van der Waals surface area (Å²) >= 11 is 0. The molecule has 1 N–H and O–H groups in total. The van der Waals surface area contributed by atoms with E-state index in [4.69, 9.17) is 0 Å². The van der Waals surface area contributed by atoms with E-state index < -0.39 is 27.0 Å². The summed E-state index contributed by atoms with van der Waals surface area (Å²) in [6.45, 7) is 12.6. The van der Waals surface area contributed by atoms with Crippen LogP contribution < -0.4 is 5.32 Å². The maximum Gasteiger partial charge on any atom is 0.365 e. The largest absolute Gasteiger partial charge is 0.365 e. The van der Waals surface area contributed by atoms with Crippen molar-refractivity contribution < 1.29 is 9.59 Å². The van der Waals surface area contributed by atoms with Crippen LogP contribution in [0.15, 0.2) is 10.2 Å². The molecule has 90 valence electrons. The second-order valence-electron chi connectivity index (χ2n) is 6.17. The first kappa shape index (κ1) is 13.2. The van der Waals surface area contributed by atoms with Gasteiger partial charge in [-0.15, -0.1) is 0 Å². The highest BCUT2D eigenvalue weighted by molar-refractivity contribution is 7.03. The van der Waals surface area contributed by atoms with Crippen LogP contribution >= 0.6 is 0 Å². The molecule has 0 saturated carbocycles. The maximum atomic E-state index is 12.2. The van der Waals surface area contributed by atoms with E-state index in [0.717, 1.165) is 0 Å². The fourth-order valence-electron chi connectivity index (χ4n) is 2.48. The Morgan fingerprint density at radius 2 is 1.44 bits per heavy atom. The summed E-state index contributed by atoms with van der Waals surface area (Å²) in [7, 11) is -3.80. The van der Waals surface area contributed by atoms with Gasteiger partial charge in [-0.2, -0.15) is 5.11 Å². The highest BCUT2D eigenvalue weighted by atomic mass is 28.4. The van der Waals surface area contributed by atoms with E-state index in [2.05, 4.69) is 54.8 Å². The van der Waals surface area contributed by atoms with E-state index in [9.17, 15) is 9.59 Å². The molecule has 1 rings (SSSR count). The monoisotopic (exact) mass is 257 g/mol. The van der Waals surface area contributed by atoms with Gasteiger partial charge >= 0.3 is 6.03 Å². The molecule has 7 heteroatoms. The zero-order valence-electron chi connectivity index (χ0n) is 10.7. The molecule has 0 aromatic carbocycles. The zero-order valence-corrected chi connectivity index (χ0v) is 12.7. The molecule has 0 aliphatic carbocycles. The molecule has 0 saturated heterocycles.